The highest BCUT2D eigenvalue weighted by Crippen LogP contribution is 2.51. The van der Waals surface area contributed by atoms with E-state index in [1.54, 1.807) is 53.7 Å². The number of Topliss-reactive ketones (excluding diaryl/α,β-unsaturated/α-hetero) is 1. The van der Waals surface area contributed by atoms with Crippen molar-refractivity contribution in [2.75, 3.05) is 58.8 Å². The SMILES string of the molecule is CO[C@H]1/C=C/O[C@@]2(C)Oc3c(C)c(O)c4c(O)c(c5c(c4c3C2=O)NC2(CCN(CC(C)C)CC2)N=5)=NC(=O)/C(C)=C\C=C\[C@H](C)[C@H](O)[C@@H](C)[C@@H](O)[C@@H](C)[C@H](OC(=O)CCC(=O)OCC2CCCN(C)C2)[C@@H]1C. The first-order valence-electron chi connectivity index (χ1n) is 25.9. The number of hydrogen-bond acceptors (Lipinski definition) is 17. The number of hydrogen-bond donors (Lipinski definition) is 5. The molecule has 2 aromatic rings. The molecule has 0 radical (unpaired) electrons. The van der Waals surface area contributed by atoms with Crippen LogP contribution >= 0.6 is 0 Å². The third-order valence-electron chi connectivity index (χ3n) is 15.6. The molecule has 400 valence electrons. The monoisotopic (exact) mass is 1020 g/mol. The van der Waals surface area contributed by atoms with Gasteiger partial charge in [-0.05, 0) is 52.3 Å². The van der Waals surface area contributed by atoms with Crippen LogP contribution in [0.25, 0.3) is 10.8 Å². The molecule has 2 aromatic carbocycles. The standard InChI is InChI=1S/C55H77N5O13/c1-29(2)26-60-23-20-55(21-24-60)57-43-40-41-48(65)35(8)51-42(40)52(67)54(9,73-51)71-25-19-37(69-11)32(5)50(72-39(62)18-17-38(61)70-28-36-16-13-22-59(10)27-36)34(7)47(64)33(6)46(63)30(3)14-12-15-31(4)53(68)56-45(49(41)66)44(43)58-55/h12,14-15,19,25,29-30,32-34,36-37,46-47,50,57,63-66H,13,16-18,20-24,26-28H2,1-11H3/b14-12+,25-19+,31-15-,56-45?/t30-,32+,33+,34+,36?,37-,46-,47+,50+,54-/m0/s1. The van der Waals surface area contributed by atoms with Crippen LogP contribution in [0.4, 0.5) is 5.69 Å². The molecule has 10 atom stereocenters. The number of fused-ring (bicyclic) bond motifs is 13. The van der Waals surface area contributed by atoms with Crippen molar-refractivity contribution in [2.45, 2.75) is 137 Å². The number of benzene rings is 2. The van der Waals surface area contributed by atoms with Crippen molar-refractivity contribution in [3.63, 3.8) is 0 Å². The van der Waals surface area contributed by atoms with Gasteiger partial charge in [-0.15, -0.1) is 0 Å². The Hall–Kier alpha value is -5.40. The van der Waals surface area contributed by atoms with Gasteiger partial charge < -0.3 is 59.2 Å². The van der Waals surface area contributed by atoms with Crippen molar-refractivity contribution in [1.29, 1.82) is 0 Å². The maximum Gasteiger partial charge on any atom is 0.312 e. The van der Waals surface area contributed by atoms with Crippen molar-refractivity contribution in [3.05, 3.63) is 58.0 Å². The van der Waals surface area contributed by atoms with Crippen LogP contribution in [0.3, 0.4) is 0 Å². The number of ketones is 1. The average Bonchev–Trinajstić information content (AvgIpc) is 3.85. The van der Waals surface area contributed by atoms with Gasteiger partial charge in [0.1, 0.15) is 34.0 Å². The smallest absolute Gasteiger partial charge is 0.312 e. The Morgan fingerprint density at radius 1 is 0.932 bits per heavy atom. The molecule has 18 heteroatoms. The van der Waals surface area contributed by atoms with E-state index in [1.807, 2.05) is 7.05 Å². The first kappa shape index (κ1) is 55.4. The van der Waals surface area contributed by atoms with Gasteiger partial charge in [-0.2, -0.15) is 0 Å². The van der Waals surface area contributed by atoms with Crippen LogP contribution in [-0.2, 0) is 33.3 Å². The summed E-state index contributed by atoms with van der Waals surface area (Å²) < 4.78 is 30.1. The Morgan fingerprint density at radius 2 is 1.63 bits per heavy atom. The number of aliphatic hydroxyl groups excluding tert-OH is 2. The van der Waals surface area contributed by atoms with Gasteiger partial charge in [0.15, 0.2) is 5.75 Å². The molecule has 1 unspecified atom stereocenters. The van der Waals surface area contributed by atoms with E-state index in [0.29, 0.717) is 37.5 Å². The fraction of sp³-hybridized carbons (Fsp3) is 0.636. The predicted molar refractivity (Wildman–Crippen MR) is 272 cm³/mol. The minimum absolute atomic E-state index is 0.0284. The summed E-state index contributed by atoms with van der Waals surface area (Å²) in [5.41, 5.74) is -0.229. The Balaban J connectivity index is 1.26. The van der Waals surface area contributed by atoms with Gasteiger partial charge in [-0.3, -0.25) is 24.2 Å². The van der Waals surface area contributed by atoms with Crippen LogP contribution in [0.15, 0.2) is 46.1 Å². The largest absolute Gasteiger partial charge is 0.507 e. The minimum atomic E-state index is -2.01. The van der Waals surface area contributed by atoms with Crippen LogP contribution in [0, 0.1) is 42.4 Å². The summed E-state index contributed by atoms with van der Waals surface area (Å²) in [4.78, 5) is 69.5. The maximum atomic E-state index is 14.9. The highest BCUT2D eigenvalue weighted by atomic mass is 16.7. The van der Waals surface area contributed by atoms with Gasteiger partial charge >= 0.3 is 17.7 Å². The number of allylic oxidation sites excluding steroid dienone is 2. The zero-order valence-electron chi connectivity index (χ0n) is 44.4. The van der Waals surface area contributed by atoms with E-state index < -0.39 is 94.7 Å². The summed E-state index contributed by atoms with van der Waals surface area (Å²) in [6.07, 6.45) is 6.00. The molecular weight excluding hydrogens is 939 g/mol. The van der Waals surface area contributed by atoms with Crippen LogP contribution in [0.1, 0.15) is 110 Å². The normalized spacial score (nSPS) is 31.7. The Bertz CT molecular complexity index is 2660. The third-order valence-corrected chi connectivity index (χ3v) is 15.6. The summed E-state index contributed by atoms with van der Waals surface area (Å²) in [6, 6.07) is 0. The first-order chi connectivity index (χ1) is 34.5. The van der Waals surface area contributed by atoms with Gasteiger partial charge in [-0.25, -0.2) is 4.99 Å². The lowest BCUT2D eigenvalue weighted by atomic mass is 9.78. The van der Waals surface area contributed by atoms with Crippen molar-refractivity contribution in [3.8, 4) is 17.2 Å². The molecule has 8 rings (SSSR count). The number of ether oxygens (including phenoxy) is 5. The average molecular weight is 1020 g/mol. The number of phenols is 2. The minimum Gasteiger partial charge on any atom is -0.507 e. The highest BCUT2D eigenvalue weighted by molar-refractivity contribution is 6.21. The number of rotatable bonds is 9. The summed E-state index contributed by atoms with van der Waals surface area (Å²) >= 11 is 0. The quantitative estimate of drug-likeness (QED) is 0.156. The zero-order chi connectivity index (χ0) is 53.3. The van der Waals surface area contributed by atoms with Gasteiger partial charge in [0.2, 0.25) is 0 Å². The van der Waals surface area contributed by atoms with Crippen molar-refractivity contribution in [2.24, 2.45) is 45.5 Å². The molecule has 5 N–H and O–H groups in total. The van der Waals surface area contributed by atoms with E-state index in [1.165, 1.54) is 32.4 Å². The summed E-state index contributed by atoms with van der Waals surface area (Å²) in [5, 5.41) is 51.3. The lowest BCUT2D eigenvalue weighted by molar-refractivity contribution is -0.165. The topological polar surface area (TPSA) is 239 Å². The van der Waals surface area contributed by atoms with Crippen molar-refractivity contribution < 1.29 is 63.3 Å². The number of nitrogens with one attached hydrogen (secondary N) is 1. The molecule has 6 aliphatic rings. The molecule has 0 aromatic heterocycles. The number of methoxy groups -OCH3 is 1. The van der Waals surface area contributed by atoms with E-state index in [2.05, 4.69) is 34.0 Å². The number of aliphatic hydroxyl groups is 2. The molecule has 2 fully saturated rings. The molecular formula is C55H77N5O13. The molecule has 6 heterocycles. The second-order valence-corrected chi connectivity index (χ2v) is 21.8. The molecule has 1 amide bonds. The molecule has 6 aliphatic heterocycles. The maximum absolute atomic E-state index is 14.9. The second kappa shape index (κ2) is 22.6. The number of carbonyl (C=O) groups excluding carboxylic acids is 4. The van der Waals surface area contributed by atoms with E-state index >= 15 is 0 Å². The zero-order valence-corrected chi connectivity index (χ0v) is 44.4. The van der Waals surface area contributed by atoms with E-state index in [4.69, 9.17) is 28.7 Å². The number of piperidine rings is 2. The molecule has 0 aliphatic carbocycles. The predicted octanol–water partition coefficient (Wildman–Crippen LogP) is 5.39. The number of esters is 2. The van der Waals surface area contributed by atoms with Crippen LogP contribution in [0.2, 0.25) is 0 Å². The molecule has 1 spiro atoms. The van der Waals surface area contributed by atoms with Crippen LogP contribution in [-0.4, -0.2) is 143 Å². The number of nitrogens with zero attached hydrogens (tertiary/aromatic N) is 4. The van der Waals surface area contributed by atoms with E-state index in [-0.39, 0.29) is 69.3 Å². The Kier molecular flexibility index (Phi) is 17.1. The fourth-order valence-corrected chi connectivity index (χ4v) is 11.2. The van der Waals surface area contributed by atoms with Gasteiger partial charge in [0.25, 0.3) is 11.7 Å². The second-order valence-electron chi connectivity index (χ2n) is 21.8. The van der Waals surface area contributed by atoms with Gasteiger partial charge in [-0.1, -0.05) is 59.8 Å². The third kappa shape index (κ3) is 11.6. The molecule has 2 saturated heterocycles. The number of aromatic hydroxyl groups is 2. The van der Waals surface area contributed by atoms with E-state index in [9.17, 15) is 39.6 Å². The summed E-state index contributed by atoms with van der Waals surface area (Å²) in [6.45, 7) is 20.2. The number of amides is 1. The molecule has 5 bridgehead atoms. The first-order valence-corrected chi connectivity index (χ1v) is 25.9. The Morgan fingerprint density at radius 3 is 2.30 bits per heavy atom. The van der Waals surface area contributed by atoms with Gasteiger partial charge in [0, 0.05) is 99.2 Å². The summed E-state index contributed by atoms with van der Waals surface area (Å²) in [7, 11) is 3.48. The highest BCUT2D eigenvalue weighted by Gasteiger charge is 2.51. The Labute approximate surface area is 428 Å². The van der Waals surface area contributed by atoms with Gasteiger partial charge in [0.05, 0.1) is 60.7 Å². The molecule has 18 nitrogen and oxygen atoms in total. The number of phenolic OH excluding ortho intramolecular Hbond substituents is 2. The van der Waals surface area contributed by atoms with Crippen LogP contribution in [0.5, 0.6) is 17.2 Å². The molecule has 73 heavy (non-hydrogen) atoms. The van der Waals surface area contributed by atoms with Crippen LogP contribution < -0.4 is 20.8 Å². The number of anilines is 1. The van der Waals surface area contributed by atoms with Crippen molar-refractivity contribution >= 4 is 40.1 Å². The van der Waals surface area contributed by atoms with E-state index in [0.717, 1.165) is 32.5 Å². The fourth-order valence-electron chi connectivity index (χ4n) is 11.2. The van der Waals surface area contributed by atoms with Crippen molar-refractivity contribution in [1.82, 2.24) is 9.80 Å². The number of carbonyl (C=O) groups is 4. The lowest BCUT2D eigenvalue weighted by Gasteiger charge is -2.38. The summed E-state index contributed by atoms with van der Waals surface area (Å²) in [5.74, 6) is -7.59. The lowest BCUT2D eigenvalue weighted by Crippen LogP contribution is -2.47. The molecule has 0 saturated carbocycles. The number of likely N-dealkylation sites (tertiary alicyclic amines) is 2.